The number of rotatable bonds is 3. The first-order valence-electron chi connectivity index (χ1n) is 2.58. The lowest BCUT2D eigenvalue weighted by Crippen LogP contribution is -1.90. The van der Waals surface area contributed by atoms with Crippen LogP contribution < -0.4 is 0 Å². The number of halogens is 1. The second-order valence-corrected chi connectivity index (χ2v) is 1.54. The van der Waals surface area contributed by atoms with Gasteiger partial charge in [-0.3, -0.25) is 0 Å². The molecule has 7 heavy (non-hydrogen) atoms. The van der Waals surface area contributed by atoms with Gasteiger partial charge in [-0.2, -0.15) is 0 Å². The van der Waals surface area contributed by atoms with E-state index in [2.05, 4.69) is 6.58 Å². The van der Waals surface area contributed by atoms with E-state index in [0.29, 0.717) is 6.42 Å². The van der Waals surface area contributed by atoms with Gasteiger partial charge in [-0.1, -0.05) is 19.4 Å². The first-order chi connectivity index (χ1) is 3.31. The molecule has 0 heterocycles. The predicted octanol–water partition coefficient (Wildman–Crippen LogP) is 2.31. The van der Waals surface area contributed by atoms with Gasteiger partial charge in [-0.05, 0) is 6.42 Å². The average Bonchev–Trinajstić information content (AvgIpc) is 1.68. The molecular weight excluding hydrogens is 91.1 g/mol. The molecule has 0 aromatic heterocycles. The molecule has 1 heteroatoms. The van der Waals surface area contributed by atoms with Crippen LogP contribution in [0.5, 0.6) is 0 Å². The Balaban J connectivity index is 2.98. The molecule has 0 bridgehead atoms. The van der Waals surface area contributed by atoms with E-state index in [9.17, 15) is 4.39 Å². The van der Waals surface area contributed by atoms with Crippen LogP contribution in [0.3, 0.4) is 0 Å². The first kappa shape index (κ1) is 6.67. The van der Waals surface area contributed by atoms with E-state index < -0.39 is 6.17 Å². The van der Waals surface area contributed by atoms with E-state index >= 15 is 0 Å². The maximum atomic E-state index is 12.0. The molecule has 0 unspecified atom stereocenters. The minimum absolute atomic E-state index is 0.615. The van der Waals surface area contributed by atoms with Crippen LogP contribution in [-0.2, 0) is 0 Å². The van der Waals surface area contributed by atoms with Gasteiger partial charge in [0.05, 0.1) is 0 Å². The summed E-state index contributed by atoms with van der Waals surface area (Å²) in [6.07, 6.45) is 2.06. The first-order valence-corrected chi connectivity index (χ1v) is 2.58. The normalized spacial score (nSPS) is 13.4. The van der Waals surface area contributed by atoms with Crippen molar-refractivity contribution in [2.45, 2.75) is 25.9 Å². The lowest BCUT2D eigenvalue weighted by Gasteiger charge is -1.94. The molecular formula is C6H11F. The Hall–Kier alpha value is -0.330. The van der Waals surface area contributed by atoms with Gasteiger partial charge in [0, 0.05) is 0 Å². The third-order valence-corrected chi connectivity index (χ3v) is 0.820. The molecule has 0 amide bonds. The van der Waals surface area contributed by atoms with Gasteiger partial charge in [0.25, 0.3) is 0 Å². The summed E-state index contributed by atoms with van der Waals surface area (Å²) in [4.78, 5) is 0. The summed E-state index contributed by atoms with van der Waals surface area (Å²) < 4.78 is 12.0. The van der Waals surface area contributed by atoms with Gasteiger partial charge in [-0.25, -0.2) is 4.39 Å². The molecule has 0 radical (unpaired) electrons. The smallest absolute Gasteiger partial charge is 0.118 e. The van der Waals surface area contributed by atoms with Crippen LogP contribution >= 0.6 is 0 Å². The van der Waals surface area contributed by atoms with Crippen LogP contribution in [0.25, 0.3) is 0 Å². The Kier molecular flexibility index (Phi) is 3.67. The SMILES string of the molecule is C=C[C@H](F)CCC. The highest BCUT2D eigenvalue weighted by Crippen LogP contribution is 2.00. The molecule has 0 aromatic rings. The molecule has 0 fully saturated rings. The molecule has 0 saturated heterocycles. The van der Waals surface area contributed by atoms with Crippen molar-refractivity contribution in [2.24, 2.45) is 0 Å². The molecule has 0 N–H and O–H groups in total. The largest absolute Gasteiger partial charge is 0.243 e. The van der Waals surface area contributed by atoms with Crippen molar-refractivity contribution in [3.63, 3.8) is 0 Å². The van der Waals surface area contributed by atoms with Gasteiger partial charge in [0.2, 0.25) is 0 Å². The van der Waals surface area contributed by atoms with Crippen LogP contribution in [0.4, 0.5) is 4.39 Å². The number of allylic oxidation sites excluding steroid dienone is 1. The maximum Gasteiger partial charge on any atom is 0.118 e. The summed E-state index contributed by atoms with van der Waals surface area (Å²) in [5.41, 5.74) is 0. The lowest BCUT2D eigenvalue weighted by molar-refractivity contribution is 0.376. The Labute approximate surface area is 44.0 Å². The van der Waals surface area contributed by atoms with Crippen molar-refractivity contribution in [3.8, 4) is 0 Å². The van der Waals surface area contributed by atoms with Crippen molar-refractivity contribution in [1.82, 2.24) is 0 Å². The van der Waals surface area contributed by atoms with E-state index in [0.717, 1.165) is 6.42 Å². The molecule has 0 rings (SSSR count). The summed E-state index contributed by atoms with van der Waals surface area (Å²) >= 11 is 0. The number of hydrogen-bond donors (Lipinski definition) is 0. The maximum absolute atomic E-state index is 12.0. The Morgan fingerprint density at radius 2 is 2.43 bits per heavy atom. The molecule has 0 aliphatic carbocycles. The monoisotopic (exact) mass is 102 g/mol. The average molecular weight is 102 g/mol. The third kappa shape index (κ3) is 3.50. The van der Waals surface area contributed by atoms with Crippen LogP contribution in [0.15, 0.2) is 12.7 Å². The van der Waals surface area contributed by atoms with Gasteiger partial charge < -0.3 is 0 Å². The molecule has 0 aliphatic rings. The fourth-order valence-electron chi connectivity index (χ4n) is 0.394. The lowest BCUT2D eigenvalue weighted by atomic mass is 10.2. The Morgan fingerprint density at radius 1 is 1.86 bits per heavy atom. The van der Waals surface area contributed by atoms with Crippen LogP contribution in [0, 0.1) is 0 Å². The topological polar surface area (TPSA) is 0 Å². The molecule has 0 aromatic carbocycles. The predicted molar refractivity (Wildman–Crippen MR) is 30.0 cm³/mol. The fraction of sp³-hybridized carbons (Fsp3) is 0.667. The highest BCUT2D eigenvalue weighted by molar-refractivity contribution is 4.77. The second-order valence-electron chi connectivity index (χ2n) is 1.54. The summed E-state index contributed by atoms with van der Waals surface area (Å²) in [5.74, 6) is 0. The summed E-state index contributed by atoms with van der Waals surface area (Å²) in [7, 11) is 0. The quantitative estimate of drug-likeness (QED) is 0.480. The molecule has 42 valence electrons. The van der Waals surface area contributed by atoms with E-state index in [1.54, 1.807) is 0 Å². The van der Waals surface area contributed by atoms with Crippen molar-refractivity contribution < 1.29 is 4.39 Å². The van der Waals surface area contributed by atoms with E-state index in [1.807, 2.05) is 6.92 Å². The van der Waals surface area contributed by atoms with Crippen LogP contribution in [0.1, 0.15) is 19.8 Å². The standard InChI is InChI=1S/C6H11F/c1-3-5-6(7)4-2/h4,6H,2-3,5H2,1H3/t6-/m0/s1. The third-order valence-electron chi connectivity index (χ3n) is 0.820. The van der Waals surface area contributed by atoms with Crippen molar-refractivity contribution in [3.05, 3.63) is 12.7 Å². The minimum Gasteiger partial charge on any atom is -0.243 e. The molecule has 1 atom stereocenters. The van der Waals surface area contributed by atoms with Gasteiger partial charge in [-0.15, -0.1) is 6.58 Å². The van der Waals surface area contributed by atoms with Crippen LogP contribution in [-0.4, -0.2) is 6.17 Å². The second kappa shape index (κ2) is 3.85. The number of alkyl halides is 1. The van der Waals surface area contributed by atoms with E-state index in [4.69, 9.17) is 0 Å². The zero-order valence-corrected chi connectivity index (χ0v) is 4.65. The van der Waals surface area contributed by atoms with E-state index in [1.165, 1.54) is 6.08 Å². The van der Waals surface area contributed by atoms with Crippen molar-refractivity contribution in [2.75, 3.05) is 0 Å². The number of hydrogen-bond acceptors (Lipinski definition) is 0. The molecule has 0 spiro atoms. The Morgan fingerprint density at radius 3 is 2.57 bits per heavy atom. The highest BCUT2D eigenvalue weighted by Gasteiger charge is 1.94. The highest BCUT2D eigenvalue weighted by atomic mass is 19.1. The molecule has 0 aliphatic heterocycles. The van der Waals surface area contributed by atoms with Gasteiger partial charge in [0.15, 0.2) is 0 Å². The fourth-order valence-corrected chi connectivity index (χ4v) is 0.394. The van der Waals surface area contributed by atoms with Crippen molar-refractivity contribution in [1.29, 1.82) is 0 Å². The molecule has 0 saturated carbocycles. The zero-order valence-electron chi connectivity index (χ0n) is 4.65. The summed E-state index contributed by atoms with van der Waals surface area (Å²) in [5, 5.41) is 0. The van der Waals surface area contributed by atoms with Gasteiger partial charge >= 0.3 is 0 Å². The Bertz CT molecular complexity index is 50.1. The van der Waals surface area contributed by atoms with E-state index in [-0.39, 0.29) is 0 Å². The zero-order chi connectivity index (χ0) is 5.70. The minimum atomic E-state index is -0.787. The van der Waals surface area contributed by atoms with Gasteiger partial charge in [0.1, 0.15) is 6.17 Å². The van der Waals surface area contributed by atoms with Crippen LogP contribution in [0.2, 0.25) is 0 Å². The molecule has 0 nitrogen and oxygen atoms in total. The van der Waals surface area contributed by atoms with Crippen molar-refractivity contribution >= 4 is 0 Å². The summed E-state index contributed by atoms with van der Waals surface area (Å²) in [6.45, 7) is 5.26. The summed E-state index contributed by atoms with van der Waals surface area (Å²) in [6, 6.07) is 0.